The molecule has 84 valence electrons. The van der Waals surface area contributed by atoms with E-state index in [1.165, 1.54) is 36.0 Å². The number of hydrogen-bond donors (Lipinski definition) is 1. The second kappa shape index (κ2) is 3.74. The summed E-state index contributed by atoms with van der Waals surface area (Å²) in [6.07, 6.45) is 3.51. The largest absolute Gasteiger partial charge is 0.388 e. The fourth-order valence-electron chi connectivity index (χ4n) is 3.43. The molecule has 0 spiro atoms. The van der Waals surface area contributed by atoms with Crippen LogP contribution in [0.25, 0.3) is 5.57 Å². The summed E-state index contributed by atoms with van der Waals surface area (Å²) >= 11 is 0. The number of rotatable bonds is 1. The van der Waals surface area contributed by atoms with Crippen molar-refractivity contribution in [3.63, 3.8) is 0 Å². The third kappa shape index (κ3) is 1.35. The molecular weight excluding hydrogens is 196 g/mol. The summed E-state index contributed by atoms with van der Waals surface area (Å²) in [5, 5.41) is 10.4. The monoisotopic (exact) mass is 214 g/mol. The van der Waals surface area contributed by atoms with Crippen LogP contribution in [-0.2, 0) is 0 Å². The SMILES string of the molecule is C[C@H]1[C@@H](O)C(c2ccccc2)=C2CCC[C@@H]21. The van der Waals surface area contributed by atoms with E-state index in [2.05, 4.69) is 31.2 Å². The van der Waals surface area contributed by atoms with Gasteiger partial charge in [-0.3, -0.25) is 0 Å². The van der Waals surface area contributed by atoms with Gasteiger partial charge in [0.25, 0.3) is 0 Å². The Morgan fingerprint density at radius 3 is 2.69 bits per heavy atom. The van der Waals surface area contributed by atoms with Gasteiger partial charge in [-0.1, -0.05) is 42.8 Å². The number of fused-ring (bicyclic) bond motifs is 1. The lowest BCUT2D eigenvalue weighted by Crippen LogP contribution is -2.18. The molecule has 3 atom stereocenters. The zero-order chi connectivity index (χ0) is 11.1. The molecule has 0 heterocycles. The maximum Gasteiger partial charge on any atom is 0.0826 e. The third-order valence-corrected chi connectivity index (χ3v) is 4.27. The predicted molar refractivity (Wildman–Crippen MR) is 65.9 cm³/mol. The Hall–Kier alpha value is -1.08. The number of benzene rings is 1. The van der Waals surface area contributed by atoms with E-state index in [9.17, 15) is 5.11 Å². The summed E-state index contributed by atoms with van der Waals surface area (Å²) in [6, 6.07) is 10.4. The highest BCUT2D eigenvalue weighted by Crippen LogP contribution is 2.50. The summed E-state index contributed by atoms with van der Waals surface area (Å²) in [5.74, 6) is 1.05. The Kier molecular flexibility index (Phi) is 2.36. The van der Waals surface area contributed by atoms with Crippen molar-refractivity contribution in [3.8, 4) is 0 Å². The molecule has 0 aliphatic heterocycles. The Morgan fingerprint density at radius 2 is 1.94 bits per heavy atom. The van der Waals surface area contributed by atoms with Gasteiger partial charge >= 0.3 is 0 Å². The van der Waals surface area contributed by atoms with Gasteiger partial charge in [-0.2, -0.15) is 0 Å². The van der Waals surface area contributed by atoms with Crippen molar-refractivity contribution in [2.75, 3.05) is 0 Å². The van der Waals surface area contributed by atoms with E-state index in [-0.39, 0.29) is 6.10 Å². The maximum atomic E-state index is 10.4. The number of allylic oxidation sites excluding steroid dienone is 1. The highest BCUT2D eigenvalue weighted by Gasteiger charge is 2.41. The molecule has 1 nitrogen and oxygen atoms in total. The van der Waals surface area contributed by atoms with Crippen LogP contribution in [-0.4, -0.2) is 11.2 Å². The summed E-state index contributed by atoms with van der Waals surface area (Å²) in [7, 11) is 0. The van der Waals surface area contributed by atoms with Gasteiger partial charge in [0.1, 0.15) is 0 Å². The van der Waals surface area contributed by atoms with Crippen molar-refractivity contribution < 1.29 is 5.11 Å². The first kappa shape index (κ1) is 10.1. The van der Waals surface area contributed by atoms with Crippen molar-refractivity contribution in [2.24, 2.45) is 11.8 Å². The number of aliphatic hydroxyl groups excluding tert-OH is 1. The Bertz CT molecular complexity index is 418. The smallest absolute Gasteiger partial charge is 0.0826 e. The van der Waals surface area contributed by atoms with E-state index < -0.39 is 0 Å². The molecule has 1 saturated carbocycles. The van der Waals surface area contributed by atoms with Crippen LogP contribution in [0.4, 0.5) is 0 Å². The first-order valence-electron chi connectivity index (χ1n) is 6.25. The minimum Gasteiger partial charge on any atom is -0.388 e. The molecule has 0 unspecified atom stereocenters. The lowest BCUT2D eigenvalue weighted by atomic mass is 9.92. The zero-order valence-corrected chi connectivity index (χ0v) is 9.69. The quantitative estimate of drug-likeness (QED) is 0.760. The molecule has 1 aromatic rings. The molecule has 1 heteroatoms. The fourth-order valence-corrected chi connectivity index (χ4v) is 3.43. The van der Waals surface area contributed by atoms with Crippen molar-refractivity contribution in [1.82, 2.24) is 0 Å². The van der Waals surface area contributed by atoms with Gasteiger partial charge in [0.2, 0.25) is 0 Å². The Balaban J connectivity index is 2.09. The molecule has 0 amide bonds. The van der Waals surface area contributed by atoms with Crippen LogP contribution in [0.15, 0.2) is 35.9 Å². The van der Waals surface area contributed by atoms with Crippen molar-refractivity contribution >= 4 is 5.57 Å². The average Bonchev–Trinajstić information content (AvgIpc) is 2.86. The lowest BCUT2D eigenvalue weighted by Gasteiger charge is -2.17. The highest BCUT2D eigenvalue weighted by molar-refractivity contribution is 5.75. The summed E-state index contributed by atoms with van der Waals surface area (Å²) in [6.45, 7) is 2.19. The minimum absolute atomic E-state index is 0.248. The first-order valence-corrected chi connectivity index (χ1v) is 6.25. The normalized spacial score (nSPS) is 33.2. The first-order chi connectivity index (χ1) is 7.79. The van der Waals surface area contributed by atoms with Gasteiger partial charge < -0.3 is 5.11 Å². The molecule has 1 aromatic carbocycles. The second-order valence-corrected chi connectivity index (χ2v) is 5.11. The van der Waals surface area contributed by atoms with Gasteiger partial charge in [0.05, 0.1) is 6.10 Å². The molecule has 2 aliphatic rings. The minimum atomic E-state index is -0.248. The lowest BCUT2D eigenvalue weighted by molar-refractivity contribution is 0.158. The maximum absolute atomic E-state index is 10.4. The molecule has 0 saturated heterocycles. The third-order valence-electron chi connectivity index (χ3n) is 4.27. The summed E-state index contributed by atoms with van der Waals surface area (Å²) in [5.41, 5.74) is 3.99. The summed E-state index contributed by atoms with van der Waals surface area (Å²) < 4.78 is 0. The summed E-state index contributed by atoms with van der Waals surface area (Å²) in [4.78, 5) is 0. The molecule has 3 rings (SSSR count). The van der Waals surface area contributed by atoms with Crippen molar-refractivity contribution in [3.05, 3.63) is 41.5 Å². The molecule has 1 N–H and O–H groups in total. The van der Waals surface area contributed by atoms with Crippen molar-refractivity contribution in [1.29, 1.82) is 0 Å². The van der Waals surface area contributed by atoms with E-state index in [1.807, 2.05) is 6.07 Å². The molecular formula is C15H18O. The van der Waals surface area contributed by atoms with Crippen LogP contribution in [0.5, 0.6) is 0 Å². The fraction of sp³-hybridized carbons (Fsp3) is 0.467. The van der Waals surface area contributed by atoms with Gasteiger partial charge in [0, 0.05) is 0 Å². The zero-order valence-electron chi connectivity index (χ0n) is 9.69. The molecule has 1 fully saturated rings. The van der Waals surface area contributed by atoms with E-state index >= 15 is 0 Å². The number of aliphatic hydroxyl groups is 1. The van der Waals surface area contributed by atoms with E-state index in [0.29, 0.717) is 11.8 Å². The molecule has 2 aliphatic carbocycles. The molecule has 16 heavy (non-hydrogen) atoms. The Morgan fingerprint density at radius 1 is 1.19 bits per heavy atom. The van der Waals surface area contributed by atoms with E-state index in [1.54, 1.807) is 0 Å². The van der Waals surface area contributed by atoms with Crippen LogP contribution in [0.2, 0.25) is 0 Å². The standard InChI is InChI=1S/C15H18O/c1-10-12-8-5-9-13(12)14(15(10)16)11-6-3-2-4-7-11/h2-4,6-7,10,12,15-16H,5,8-9H2,1H3/t10-,12-,15-/m1/s1. The second-order valence-electron chi connectivity index (χ2n) is 5.11. The molecule has 0 aromatic heterocycles. The van der Waals surface area contributed by atoms with Crippen LogP contribution in [0.1, 0.15) is 31.7 Å². The van der Waals surface area contributed by atoms with E-state index in [4.69, 9.17) is 0 Å². The van der Waals surface area contributed by atoms with Gasteiger partial charge in [-0.25, -0.2) is 0 Å². The van der Waals surface area contributed by atoms with Gasteiger partial charge in [-0.15, -0.1) is 0 Å². The molecule has 0 bridgehead atoms. The van der Waals surface area contributed by atoms with Gasteiger partial charge in [0.15, 0.2) is 0 Å². The topological polar surface area (TPSA) is 20.2 Å². The van der Waals surface area contributed by atoms with Crippen LogP contribution in [0.3, 0.4) is 0 Å². The van der Waals surface area contributed by atoms with Crippen molar-refractivity contribution in [2.45, 2.75) is 32.3 Å². The molecule has 0 radical (unpaired) electrons. The highest BCUT2D eigenvalue weighted by atomic mass is 16.3. The predicted octanol–water partition coefficient (Wildman–Crippen LogP) is 3.25. The van der Waals surface area contributed by atoms with Crippen LogP contribution in [0, 0.1) is 11.8 Å². The Labute approximate surface area is 96.8 Å². The van der Waals surface area contributed by atoms with E-state index in [0.717, 1.165) is 0 Å². The van der Waals surface area contributed by atoms with Crippen LogP contribution < -0.4 is 0 Å². The van der Waals surface area contributed by atoms with Crippen LogP contribution >= 0.6 is 0 Å². The number of hydrogen-bond acceptors (Lipinski definition) is 1. The van der Waals surface area contributed by atoms with Gasteiger partial charge in [-0.05, 0) is 42.2 Å². The average molecular weight is 214 g/mol.